The van der Waals surface area contributed by atoms with E-state index in [0.717, 1.165) is 6.42 Å². The van der Waals surface area contributed by atoms with Gasteiger partial charge in [0.25, 0.3) is 0 Å². The molecule has 0 aromatic carbocycles. The molecule has 28 heavy (non-hydrogen) atoms. The third-order valence-electron chi connectivity index (χ3n) is 6.12. The van der Waals surface area contributed by atoms with Gasteiger partial charge in [0.2, 0.25) is 11.8 Å². The van der Waals surface area contributed by atoms with Crippen LogP contribution in [0.2, 0.25) is 0 Å². The Morgan fingerprint density at radius 3 is 2.25 bits per heavy atom. The maximum atomic E-state index is 12.7. The minimum Gasteiger partial charge on any atom is -0.379 e. The molecule has 1 saturated carbocycles. The van der Waals surface area contributed by atoms with Crippen LogP contribution in [0.5, 0.6) is 0 Å². The van der Waals surface area contributed by atoms with Crippen molar-refractivity contribution in [3.63, 3.8) is 0 Å². The fourth-order valence-electron chi connectivity index (χ4n) is 4.62. The Morgan fingerprint density at radius 1 is 1.21 bits per heavy atom. The summed E-state index contributed by atoms with van der Waals surface area (Å²) in [4.78, 5) is 31.0. The maximum Gasteiger partial charge on any atom is 0.233 e. The Labute approximate surface area is 184 Å². The molecule has 1 aliphatic heterocycles. The molecular formula is C20H33IN4O3. The molecule has 2 amide bonds. The highest BCUT2D eigenvalue weighted by Crippen LogP contribution is 2.52. The number of fused-ring (bicyclic) bond motifs is 5. The van der Waals surface area contributed by atoms with Crippen LogP contribution < -0.4 is 10.6 Å². The number of hydrogen-bond acceptors (Lipinski definition) is 4. The number of likely N-dealkylation sites (tertiary alicyclic amines) is 1. The second-order valence-electron chi connectivity index (χ2n) is 8.80. The largest absolute Gasteiger partial charge is 0.379 e. The van der Waals surface area contributed by atoms with Gasteiger partial charge >= 0.3 is 0 Å². The van der Waals surface area contributed by atoms with Gasteiger partial charge in [-0.05, 0) is 23.7 Å². The molecule has 2 bridgehead atoms. The molecular weight excluding hydrogens is 471 g/mol. The smallest absolute Gasteiger partial charge is 0.233 e. The van der Waals surface area contributed by atoms with Crippen molar-refractivity contribution in [2.75, 3.05) is 33.8 Å². The molecule has 158 valence electrons. The third kappa shape index (κ3) is 4.37. The fraction of sp³-hybridized carbons (Fsp3) is 0.750. The zero-order valence-corrected chi connectivity index (χ0v) is 19.7. The molecule has 1 heterocycles. The normalized spacial score (nSPS) is 29.8. The minimum absolute atomic E-state index is 0. The van der Waals surface area contributed by atoms with Gasteiger partial charge in [-0.2, -0.15) is 0 Å². The van der Waals surface area contributed by atoms with E-state index in [2.05, 4.69) is 48.5 Å². The molecule has 0 spiro atoms. The number of carbonyl (C=O) groups excluding carboxylic acids is 2. The van der Waals surface area contributed by atoms with Gasteiger partial charge in [0.15, 0.2) is 5.96 Å². The van der Waals surface area contributed by atoms with E-state index in [9.17, 15) is 9.59 Å². The zero-order valence-electron chi connectivity index (χ0n) is 17.4. The summed E-state index contributed by atoms with van der Waals surface area (Å²) in [6, 6.07) is 0. The molecule has 2 fully saturated rings. The number of methoxy groups -OCH3 is 1. The minimum atomic E-state index is -0.126. The second kappa shape index (κ2) is 9.11. The number of imide groups is 1. The molecule has 3 rings (SSSR count). The van der Waals surface area contributed by atoms with Crippen LogP contribution in [-0.2, 0) is 14.3 Å². The summed E-state index contributed by atoms with van der Waals surface area (Å²) < 4.78 is 5.54. The number of nitrogens with one attached hydrogen (secondary N) is 2. The van der Waals surface area contributed by atoms with Gasteiger partial charge in [-0.15, -0.1) is 24.0 Å². The van der Waals surface area contributed by atoms with Crippen LogP contribution in [0.1, 0.15) is 27.2 Å². The summed E-state index contributed by atoms with van der Waals surface area (Å²) in [5.41, 5.74) is 0.0141. The topological polar surface area (TPSA) is 83.0 Å². The van der Waals surface area contributed by atoms with Crippen molar-refractivity contribution in [2.24, 2.45) is 34.1 Å². The fourth-order valence-corrected chi connectivity index (χ4v) is 4.62. The lowest BCUT2D eigenvalue weighted by molar-refractivity contribution is -0.140. The Morgan fingerprint density at radius 2 is 1.79 bits per heavy atom. The molecule has 0 radical (unpaired) electrons. The van der Waals surface area contributed by atoms with Crippen LogP contribution in [-0.4, -0.2) is 62.6 Å². The standard InChI is InChI=1S/C20H32N4O3.HI/c1-20(2,3)14(27-5)11-23-19(21-4)22-8-9-24-17(25)15-12-6-7-13(10-12)16(15)18(24)26;/h6-7,12-16H,8-11H2,1-5H3,(H2,21,22,23);1H. The van der Waals surface area contributed by atoms with Gasteiger partial charge in [0.05, 0.1) is 17.9 Å². The Bertz CT molecular complexity index is 628. The van der Waals surface area contributed by atoms with Crippen LogP contribution in [0.25, 0.3) is 0 Å². The van der Waals surface area contributed by atoms with Gasteiger partial charge in [0, 0.05) is 33.8 Å². The van der Waals surface area contributed by atoms with Crippen molar-refractivity contribution in [3.05, 3.63) is 12.2 Å². The molecule has 7 nitrogen and oxygen atoms in total. The van der Waals surface area contributed by atoms with Crippen LogP contribution in [0.3, 0.4) is 0 Å². The van der Waals surface area contributed by atoms with E-state index < -0.39 is 0 Å². The summed E-state index contributed by atoms with van der Waals surface area (Å²) in [5, 5.41) is 6.45. The highest BCUT2D eigenvalue weighted by Gasteiger charge is 2.58. The summed E-state index contributed by atoms with van der Waals surface area (Å²) in [6.07, 6.45) is 5.24. The Hall–Kier alpha value is -1.16. The molecule has 0 aromatic rings. The molecule has 8 heteroatoms. The molecule has 1 saturated heterocycles. The van der Waals surface area contributed by atoms with Crippen LogP contribution in [0.4, 0.5) is 0 Å². The van der Waals surface area contributed by atoms with Crippen LogP contribution >= 0.6 is 24.0 Å². The Kier molecular flexibility index (Phi) is 7.52. The van der Waals surface area contributed by atoms with Gasteiger partial charge in [-0.1, -0.05) is 32.9 Å². The average Bonchev–Trinajstić information content (AvgIpc) is 3.28. The number of halogens is 1. The van der Waals surface area contributed by atoms with Crippen molar-refractivity contribution in [1.82, 2.24) is 15.5 Å². The number of hydrogen-bond donors (Lipinski definition) is 2. The average molecular weight is 504 g/mol. The lowest BCUT2D eigenvalue weighted by Crippen LogP contribution is -2.47. The van der Waals surface area contributed by atoms with Crippen molar-refractivity contribution in [1.29, 1.82) is 0 Å². The Balaban J connectivity index is 0.00000280. The number of ether oxygens (including phenoxy) is 1. The molecule has 0 aromatic heterocycles. The van der Waals surface area contributed by atoms with Gasteiger partial charge in [-0.25, -0.2) is 0 Å². The van der Waals surface area contributed by atoms with Crippen molar-refractivity contribution in [3.8, 4) is 0 Å². The number of guanidine groups is 1. The van der Waals surface area contributed by atoms with E-state index in [4.69, 9.17) is 4.74 Å². The predicted octanol–water partition coefficient (Wildman–Crippen LogP) is 1.64. The van der Waals surface area contributed by atoms with E-state index in [-0.39, 0.29) is 71.0 Å². The number of rotatable bonds is 6. The first-order valence-corrected chi connectivity index (χ1v) is 9.78. The number of amides is 2. The van der Waals surface area contributed by atoms with Gasteiger partial charge in [-0.3, -0.25) is 19.5 Å². The van der Waals surface area contributed by atoms with E-state index in [0.29, 0.717) is 25.6 Å². The number of carbonyl (C=O) groups is 2. The first kappa shape index (κ1) is 23.1. The molecule has 5 unspecified atom stereocenters. The second-order valence-corrected chi connectivity index (χ2v) is 8.80. The number of nitrogens with zero attached hydrogens (tertiary/aromatic N) is 2. The highest BCUT2D eigenvalue weighted by atomic mass is 127. The van der Waals surface area contributed by atoms with E-state index in [1.54, 1.807) is 14.2 Å². The summed E-state index contributed by atoms with van der Waals surface area (Å²) >= 11 is 0. The van der Waals surface area contributed by atoms with Crippen LogP contribution in [0.15, 0.2) is 17.1 Å². The lowest BCUT2D eigenvalue weighted by atomic mass is 9.85. The maximum absolute atomic E-state index is 12.7. The van der Waals surface area contributed by atoms with Gasteiger partial charge in [0.1, 0.15) is 0 Å². The predicted molar refractivity (Wildman–Crippen MR) is 119 cm³/mol. The summed E-state index contributed by atoms with van der Waals surface area (Å²) in [7, 11) is 3.41. The monoisotopic (exact) mass is 504 g/mol. The van der Waals surface area contributed by atoms with Crippen molar-refractivity contribution < 1.29 is 14.3 Å². The first-order chi connectivity index (χ1) is 12.8. The highest BCUT2D eigenvalue weighted by molar-refractivity contribution is 14.0. The molecule has 2 N–H and O–H groups in total. The first-order valence-electron chi connectivity index (χ1n) is 9.78. The quantitative estimate of drug-likeness (QED) is 0.189. The third-order valence-corrected chi connectivity index (χ3v) is 6.12. The van der Waals surface area contributed by atoms with Gasteiger partial charge < -0.3 is 15.4 Å². The van der Waals surface area contributed by atoms with E-state index in [1.165, 1.54) is 4.90 Å². The van der Waals surface area contributed by atoms with Crippen LogP contribution in [0, 0.1) is 29.1 Å². The molecule has 2 aliphatic carbocycles. The van der Waals surface area contributed by atoms with E-state index >= 15 is 0 Å². The molecule has 5 atom stereocenters. The lowest BCUT2D eigenvalue weighted by Gasteiger charge is -2.30. The van der Waals surface area contributed by atoms with E-state index in [1.807, 2.05) is 0 Å². The summed E-state index contributed by atoms with van der Waals surface area (Å²) in [5.74, 6) is 0.901. The van der Waals surface area contributed by atoms with Crippen molar-refractivity contribution >= 4 is 41.8 Å². The zero-order chi connectivity index (χ0) is 19.8. The number of allylic oxidation sites excluding steroid dienone is 2. The SMILES string of the molecule is CN=C(NCCN1C(=O)C2C3C=CC(C3)C2C1=O)NCC(OC)C(C)(C)C.I. The van der Waals surface area contributed by atoms with Crippen molar-refractivity contribution in [2.45, 2.75) is 33.3 Å². The number of aliphatic imine (C=N–C) groups is 1. The summed E-state index contributed by atoms with van der Waals surface area (Å²) in [6.45, 7) is 7.86. The molecule has 3 aliphatic rings.